The van der Waals surface area contributed by atoms with Crippen molar-refractivity contribution in [3.63, 3.8) is 0 Å². The van der Waals surface area contributed by atoms with Crippen molar-refractivity contribution in [1.82, 2.24) is 4.98 Å². The minimum absolute atomic E-state index is 0.0959. The number of hydrogen-bond acceptors (Lipinski definition) is 5. The molecule has 5 nitrogen and oxygen atoms in total. The summed E-state index contributed by atoms with van der Waals surface area (Å²) in [6.07, 6.45) is 1.66. The molecule has 17 heavy (non-hydrogen) atoms. The molecular weight excluding hydrogens is 222 g/mol. The molecule has 0 N–H and O–H groups in total. The number of esters is 1. The predicted molar refractivity (Wildman–Crippen MR) is 61.0 cm³/mol. The molecule has 0 fully saturated rings. The summed E-state index contributed by atoms with van der Waals surface area (Å²) >= 11 is 0. The molecule has 0 aliphatic carbocycles. The second-order valence-corrected chi connectivity index (χ2v) is 3.32. The molecule has 1 heterocycles. The zero-order chi connectivity index (χ0) is 12.7. The highest BCUT2D eigenvalue weighted by Crippen LogP contribution is 2.09. The first-order valence-electron chi connectivity index (χ1n) is 5.36. The summed E-state index contributed by atoms with van der Waals surface area (Å²) in [4.78, 5) is 26.7. The van der Waals surface area contributed by atoms with Gasteiger partial charge in [0.2, 0.25) is 5.88 Å². The smallest absolute Gasteiger partial charge is 0.306 e. The van der Waals surface area contributed by atoms with Crippen LogP contribution in [0.4, 0.5) is 0 Å². The van der Waals surface area contributed by atoms with Crippen LogP contribution < -0.4 is 4.74 Å². The Kier molecular flexibility index (Phi) is 5.13. The van der Waals surface area contributed by atoms with Crippen LogP contribution in [0.3, 0.4) is 0 Å². The normalized spacial score (nSPS) is 9.76. The molecule has 5 heteroatoms. The monoisotopic (exact) mass is 237 g/mol. The van der Waals surface area contributed by atoms with Gasteiger partial charge in [-0.05, 0) is 13.0 Å². The first-order valence-corrected chi connectivity index (χ1v) is 5.36. The van der Waals surface area contributed by atoms with Gasteiger partial charge in [-0.3, -0.25) is 9.59 Å². The second kappa shape index (κ2) is 6.62. The van der Waals surface area contributed by atoms with E-state index in [4.69, 9.17) is 9.47 Å². The van der Waals surface area contributed by atoms with Gasteiger partial charge in [-0.1, -0.05) is 0 Å². The molecule has 0 spiro atoms. The Labute approximate surface area is 99.8 Å². The number of Topliss-reactive ketones (excluding diaryl/α,β-unsaturated/α-hetero) is 1. The van der Waals surface area contributed by atoms with E-state index in [9.17, 15) is 9.59 Å². The Hall–Kier alpha value is -1.91. The van der Waals surface area contributed by atoms with Crippen LogP contribution in [0, 0.1) is 0 Å². The van der Waals surface area contributed by atoms with E-state index in [1.165, 1.54) is 13.3 Å². The lowest BCUT2D eigenvalue weighted by Crippen LogP contribution is -2.08. The number of hydrogen-bond donors (Lipinski definition) is 0. The predicted octanol–water partition coefficient (Wildman–Crippen LogP) is 1.62. The molecule has 0 saturated heterocycles. The largest absolute Gasteiger partial charge is 0.481 e. The Bertz CT molecular complexity index is 386. The summed E-state index contributed by atoms with van der Waals surface area (Å²) in [5.74, 6) is -0.0394. The third-order valence-corrected chi connectivity index (χ3v) is 2.13. The van der Waals surface area contributed by atoms with E-state index in [1.807, 2.05) is 0 Å². The lowest BCUT2D eigenvalue weighted by molar-refractivity contribution is -0.143. The van der Waals surface area contributed by atoms with Gasteiger partial charge in [-0.15, -0.1) is 0 Å². The molecule has 1 aromatic heterocycles. The maximum absolute atomic E-state index is 11.7. The Balaban J connectivity index is 2.49. The summed E-state index contributed by atoms with van der Waals surface area (Å²) in [6, 6.07) is 3.23. The van der Waals surface area contributed by atoms with Gasteiger partial charge < -0.3 is 9.47 Å². The number of carbonyl (C=O) groups is 2. The Morgan fingerprint density at radius 3 is 2.59 bits per heavy atom. The van der Waals surface area contributed by atoms with Gasteiger partial charge in [0.25, 0.3) is 0 Å². The van der Waals surface area contributed by atoms with E-state index in [0.717, 1.165) is 0 Å². The van der Waals surface area contributed by atoms with Crippen molar-refractivity contribution >= 4 is 11.8 Å². The molecule has 0 aromatic carbocycles. The lowest BCUT2D eigenvalue weighted by Gasteiger charge is -2.02. The van der Waals surface area contributed by atoms with Gasteiger partial charge >= 0.3 is 5.97 Å². The third kappa shape index (κ3) is 4.22. The maximum atomic E-state index is 11.7. The van der Waals surface area contributed by atoms with Crippen LogP contribution in [0.5, 0.6) is 5.88 Å². The molecule has 0 aliphatic heterocycles. The first-order chi connectivity index (χ1) is 8.17. The maximum Gasteiger partial charge on any atom is 0.306 e. The summed E-state index contributed by atoms with van der Waals surface area (Å²) < 4.78 is 9.62. The average Bonchev–Trinajstić information content (AvgIpc) is 2.36. The lowest BCUT2D eigenvalue weighted by atomic mass is 10.1. The topological polar surface area (TPSA) is 65.5 Å². The molecule has 0 radical (unpaired) electrons. The van der Waals surface area contributed by atoms with Gasteiger partial charge in [-0.25, -0.2) is 4.98 Å². The quantitative estimate of drug-likeness (QED) is 0.555. The number of nitrogens with zero attached hydrogens (tertiary/aromatic N) is 1. The number of ether oxygens (including phenoxy) is 2. The zero-order valence-corrected chi connectivity index (χ0v) is 9.93. The van der Waals surface area contributed by atoms with E-state index in [2.05, 4.69) is 4.98 Å². The van der Waals surface area contributed by atoms with Crippen LogP contribution in [-0.2, 0) is 9.53 Å². The summed E-state index contributed by atoms with van der Waals surface area (Å²) in [5.41, 5.74) is 0.468. The van der Waals surface area contributed by atoms with Crippen molar-refractivity contribution in [3.8, 4) is 5.88 Å². The van der Waals surface area contributed by atoms with E-state index >= 15 is 0 Å². The highest BCUT2D eigenvalue weighted by Gasteiger charge is 2.10. The molecule has 0 atom stereocenters. The van der Waals surface area contributed by atoms with Gasteiger partial charge in [0.1, 0.15) is 0 Å². The van der Waals surface area contributed by atoms with Gasteiger partial charge in [0.05, 0.1) is 20.1 Å². The van der Waals surface area contributed by atoms with Gasteiger partial charge in [-0.2, -0.15) is 0 Å². The molecule has 0 aliphatic rings. The molecule has 0 saturated carbocycles. The Morgan fingerprint density at radius 2 is 2.06 bits per heavy atom. The van der Waals surface area contributed by atoms with Crippen LogP contribution in [0.2, 0.25) is 0 Å². The first kappa shape index (κ1) is 13.2. The van der Waals surface area contributed by atoms with E-state index in [-0.39, 0.29) is 24.6 Å². The van der Waals surface area contributed by atoms with Crippen LogP contribution in [0.1, 0.15) is 30.1 Å². The van der Waals surface area contributed by atoms with E-state index < -0.39 is 0 Å². The Morgan fingerprint density at radius 1 is 1.29 bits per heavy atom. The molecule has 1 aromatic rings. The fourth-order valence-corrected chi connectivity index (χ4v) is 1.26. The number of rotatable bonds is 6. The van der Waals surface area contributed by atoms with Crippen LogP contribution >= 0.6 is 0 Å². The minimum Gasteiger partial charge on any atom is -0.481 e. The standard InChI is InChI=1S/C12H15NO4/c1-3-17-12(15)7-5-10(14)9-4-6-11(16-2)13-8-9/h4,6,8H,3,5,7H2,1-2H3. The number of ketones is 1. The number of methoxy groups -OCH3 is 1. The van der Waals surface area contributed by atoms with E-state index in [1.54, 1.807) is 19.1 Å². The molecule has 0 unspecified atom stereocenters. The van der Waals surface area contributed by atoms with Crippen LogP contribution in [-0.4, -0.2) is 30.5 Å². The second-order valence-electron chi connectivity index (χ2n) is 3.32. The molecule has 92 valence electrons. The summed E-state index contributed by atoms with van der Waals surface area (Å²) in [6.45, 7) is 2.06. The molecule has 0 amide bonds. The number of pyridine rings is 1. The SMILES string of the molecule is CCOC(=O)CCC(=O)c1ccc(OC)nc1. The van der Waals surface area contributed by atoms with Crippen molar-refractivity contribution in [1.29, 1.82) is 0 Å². The van der Waals surface area contributed by atoms with Crippen molar-refractivity contribution < 1.29 is 19.1 Å². The summed E-state index contributed by atoms with van der Waals surface area (Å²) in [7, 11) is 1.50. The van der Waals surface area contributed by atoms with Crippen LogP contribution in [0.25, 0.3) is 0 Å². The van der Waals surface area contributed by atoms with Gasteiger partial charge in [0.15, 0.2) is 5.78 Å². The van der Waals surface area contributed by atoms with Gasteiger partial charge in [0, 0.05) is 24.2 Å². The molecular formula is C12H15NO4. The van der Waals surface area contributed by atoms with Crippen molar-refractivity contribution in [3.05, 3.63) is 23.9 Å². The minimum atomic E-state index is -0.359. The molecule has 1 rings (SSSR count). The fourth-order valence-electron chi connectivity index (χ4n) is 1.26. The third-order valence-electron chi connectivity index (χ3n) is 2.13. The average molecular weight is 237 g/mol. The number of aromatic nitrogens is 1. The summed E-state index contributed by atoms with van der Waals surface area (Å²) in [5, 5.41) is 0. The molecule has 0 bridgehead atoms. The number of carbonyl (C=O) groups excluding carboxylic acids is 2. The highest BCUT2D eigenvalue weighted by molar-refractivity contribution is 5.97. The van der Waals surface area contributed by atoms with Crippen LogP contribution in [0.15, 0.2) is 18.3 Å². The zero-order valence-electron chi connectivity index (χ0n) is 9.93. The van der Waals surface area contributed by atoms with Crippen molar-refractivity contribution in [2.75, 3.05) is 13.7 Å². The fraction of sp³-hybridized carbons (Fsp3) is 0.417. The highest BCUT2D eigenvalue weighted by atomic mass is 16.5. The van der Waals surface area contributed by atoms with Crippen molar-refractivity contribution in [2.45, 2.75) is 19.8 Å². The van der Waals surface area contributed by atoms with E-state index in [0.29, 0.717) is 18.1 Å². The van der Waals surface area contributed by atoms with Crippen molar-refractivity contribution in [2.24, 2.45) is 0 Å².